The molecule has 0 aliphatic heterocycles. The van der Waals surface area contributed by atoms with Gasteiger partial charge in [-0.1, -0.05) is 0 Å². The van der Waals surface area contributed by atoms with Crippen molar-refractivity contribution in [3.05, 3.63) is 17.9 Å². The third kappa shape index (κ3) is 4.02. The summed E-state index contributed by atoms with van der Waals surface area (Å²) < 4.78 is 55.2. The molecular weight excluding hydrogens is 270 g/mol. The van der Waals surface area contributed by atoms with E-state index >= 15 is 0 Å². The van der Waals surface area contributed by atoms with E-state index < -0.39 is 34.2 Å². The molecule has 0 aromatic carbocycles. The Morgan fingerprint density at radius 3 is 2.67 bits per heavy atom. The largest absolute Gasteiger partial charge is 0.447 e. The molecule has 1 rings (SSSR count). The van der Waals surface area contributed by atoms with Crippen LogP contribution in [0, 0.1) is 0 Å². The van der Waals surface area contributed by atoms with E-state index in [1.54, 1.807) is 11.8 Å². The van der Waals surface area contributed by atoms with E-state index in [4.69, 9.17) is 9.52 Å². The van der Waals surface area contributed by atoms with E-state index in [0.717, 1.165) is 0 Å². The van der Waals surface area contributed by atoms with Crippen molar-refractivity contribution >= 4 is 10.0 Å². The summed E-state index contributed by atoms with van der Waals surface area (Å²) in [6.07, 6.45) is 0. The number of nitrogens with one attached hydrogen (secondary N) is 2. The topological polar surface area (TPSA) is 91.6 Å². The zero-order valence-corrected chi connectivity index (χ0v) is 10.4. The molecule has 0 atom stereocenters. The van der Waals surface area contributed by atoms with Gasteiger partial charge in [0.2, 0.25) is 5.09 Å². The summed E-state index contributed by atoms with van der Waals surface area (Å²) in [6, 6.07) is 2.60. The number of hydrogen-bond acceptors (Lipinski definition) is 5. The maximum atomic E-state index is 12.7. The number of aliphatic hydroxyl groups is 1. The van der Waals surface area contributed by atoms with Crippen LogP contribution in [-0.4, -0.2) is 39.6 Å². The van der Waals surface area contributed by atoms with Crippen LogP contribution < -0.4 is 10.0 Å². The third-order valence-corrected chi connectivity index (χ3v) is 3.28. The lowest BCUT2D eigenvalue weighted by molar-refractivity contribution is -0.0437. The van der Waals surface area contributed by atoms with Crippen LogP contribution in [0.25, 0.3) is 0 Å². The zero-order chi connectivity index (χ0) is 13.8. The van der Waals surface area contributed by atoms with E-state index in [9.17, 15) is 17.2 Å². The number of rotatable bonds is 7. The quantitative estimate of drug-likeness (QED) is 0.650. The van der Waals surface area contributed by atoms with Crippen LogP contribution in [0.15, 0.2) is 21.6 Å². The van der Waals surface area contributed by atoms with Crippen molar-refractivity contribution in [1.29, 1.82) is 0 Å². The van der Waals surface area contributed by atoms with Gasteiger partial charge in [-0.15, -0.1) is 0 Å². The summed E-state index contributed by atoms with van der Waals surface area (Å²) in [5.41, 5.74) is 0. The van der Waals surface area contributed by atoms with Crippen LogP contribution in [0.1, 0.15) is 5.76 Å². The molecule has 1 aromatic rings. The van der Waals surface area contributed by atoms with E-state index in [0.29, 0.717) is 12.3 Å². The molecule has 0 unspecified atom stereocenters. The Kier molecular flexibility index (Phi) is 4.79. The van der Waals surface area contributed by atoms with Crippen molar-refractivity contribution in [3.63, 3.8) is 0 Å². The van der Waals surface area contributed by atoms with Crippen LogP contribution in [0.3, 0.4) is 0 Å². The summed E-state index contributed by atoms with van der Waals surface area (Å²) in [6.45, 7) is -2.30. The van der Waals surface area contributed by atoms with E-state index in [1.807, 2.05) is 0 Å². The molecule has 0 bridgehead atoms. The van der Waals surface area contributed by atoms with Crippen molar-refractivity contribution in [1.82, 2.24) is 10.0 Å². The molecule has 0 spiro atoms. The molecule has 0 radical (unpaired) electrons. The molecule has 6 nitrogen and oxygen atoms in total. The predicted molar refractivity (Wildman–Crippen MR) is 58.7 cm³/mol. The fourth-order valence-electron chi connectivity index (χ4n) is 1.10. The molecule has 18 heavy (non-hydrogen) atoms. The minimum absolute atomic E-state index is 0.322. The molecule has 0 amide bonds. The lowest BCUT2D eigenvalue weighted by atomic mass is 10.4. The SMILES string of the molecule is CNCc1ccc(S(=O)(=O)NCC(F)(F)CO)o1. The fourth-order valence-corrected chi connectivity index (χ4v) is 2.11. The second-order valence-corrected chi connectivity index (χ2v) is 5.29. The summed E-state index contributed by atoms with van der Waals surface area (Å²) in [4.78, 5) is 0. The smallest absolute Gasteiger partial charge is 0.283 e. The van der Waals surface area contributed by atoms with Gasteiger partial charge >= 0.3 is 0 Å². The highest BCUT2D eigenvalue weighted by molar-refractivity contribution is 7.89. The molecule has 9 heteroatoms. The molecule has 104 valence electrons. The number of aliphatic hydroxyl groups excluding tert-OH is 1. The average molecular weight is 284 g/mol. The number of alkyl halides is 2. The number of halogens is 2. The normalized spacial score (nSPS) is 12.9. The molecule has 1 aromatic heterocycles. The maximum Gasteiger partial charge on any atom is 0.283 e. The van der Waals surface area contributed by atoms with Crippen molar-refractivity contribution < 1.29 is 26.7 Å². The Labute approximate surface area is 103 Å². The minimum Gasteiger partial charge on any atom is -0.447 e. The van der Waals surface area contributed by atoms with Crippen molar-refractivity contribution in [3.8, 4) is 0 Å². The summed E-state index contributed by atoms with van der Waals surface area (Å²) in [5.74, 6) is -3.14. The molecule has 0 saturated heterocycles. The van der Waals surface area contributed by atoms with Crippen molar-refractivity contribution in [2.24, 2.45) is 0 Å². The Hall–Kier alpha value is -1.03. The average Bonchev–Trinajstić information content (AvgIpc) is 2.77. The molecule has 0 aliphatic rings. The first-order chi connectivity index (χ1) is 8.30. The summed E-state index contributed by atoms with van der Waals surface area (Å²) in [7, 11) is -2.49. The van der Waals surface area contributed by atoms with Gasteiger partial charge in [-0.3, -0.25) is 0 Å². The molecule has 1 heterocycles. The standard InChI is InChI=1S/C9H14F2N2O4S/c1-12-4-7-2-3-8(17-7)18(15,16)13-5-9(10,11)6-14/h2-3,12-14H,4-6H2,1H3. The molecular formula is C9H14F2N2O4S. The van der Waals surface area contributed by atoms with Gasteiger partial charge in [0.05, 0.1) is 13.1 Å². The van der Waals surface area contributed by atoms with Crippen LogP contribution in [0.2, 0.25) is 0 Å². The zero-order valence-electron chi connectivity index (χ0n) is 9.61. The first-order valence-corrected chi connectivity index (χ1v) is 6.51. The summed E-state index contributed by atoms with van der Waals surface area (Å²) >= 11 is 0. The first kappa shape index (κ1) is 15.0. The minimum atomic E-state index is -4.14. The highest BCUT2D eigenvalue weighted by Crippen LogP contribution is 2.16. The number of hydrogen-bond donors (Lipinski definition) is 3. The van der Waals surface area contributed by atoms with Crippen LogP contribution in [-0.2, 0) is 16.6 Å². The van der Waals surface area contributed by atoms with Crippen molar-refractivity contribution in [2.75, 3.05) is 20.2 Å². The van der Waals surface area contributed by atoms with Crippen molar-refractivity contribution in [2.45, 2.75) is 17.6 Å². The molecule has 3 N–H and O–H groups in total. The van der Waals surface area contributed by atoms with Crippen LogP contribution in [0.5, 0.6) is 0 Å². The first-order valence-electron chi connectivity index (χ1n) is 5.02. The number of furan rings is 1. The Bertz CT molecular complexity index is 487. The van der Waals surface area contributed by atoms with Gasteiger partial charge in [-0.05, 0) is 19.2 Å². The van der Waals surface area contributed by atoms with Gasteiger partial charge in [0, 0.05) is 0 Å². The van der Waals surface area contributed by atoms with E-state index in [1.165, 1.54) is 12.1 Å². The molecule has 0 fully saturated rings. The Morgan fingerprint density at radius 1 is 1.44 bits per heavy atom. The maximum absolute atomic E-state index is 12.7. The lowest BCUT2D eigenvalue weighted by Gasteiger charge is -2.13. The Balaban J connectivity index is 2.74. The highest BCUT2D eigenvalue weighted by atomic mass is 32.2. The fraction of sp³-hybridized carbons (Fsp3) is 0.556. The van der Waals surface area contributed by atoms with Crippen LogP contribution >= 0.6 is 0 Å². The highest BCUT2D eigenvalue weighted by Gasteiger charge is 2.31. The van der Waals surface area contributed by atoms with Gasteiger partial charge < -0.3 is 14.8 Å². The van der Waals surface area contributed by atoms with E-state index in [-0.39, 0.29) is 0 Å². The second kappa shape index (κ2) is 5.74. The number of sulfonamides is 1. The predicted octanol–water partition coefficient (Wildman–Crippen LogP) is -0.0951. The van der Waals surface area contributed by atoms with Gasteiger partial charge in [-0.2, -0.15) is 0 Å². The Morgan fingerprint density at radius 2 is 2.11 bits per heavy atom. The van der Waals surface area contributed by atoms with Gasteiger partial charge in [-0.25, -0.2) is 21.9 Å². The molecule has 0 aliphatic carbocycles. The summed E-state index contributed by atoms with van der Waals surface area (Å²) in [5, 5.41) is 10.6. The van der Waals surface area contributed by atoms with Gasteiger partial charge in [0.1, 0.15) is 12.4 Å². The van der Waals surface area contributed by atoms with E-state index in [2.05, 4.69) is 5.32 Å². The second-order valence-electron chi connectivity index (χ2n) is 3.59. The monoisotopic (exact) mass is 284 g/mol. The lowest BCUT2D eigenvalue weighted by Crippen LogP contribution is -2.38. The van der Waals surface area contributed by atoms with Crippen LogP contribution in [0.4, 0.5) is 8.78 Å². The van der Waals surface area contributed by atoms with Gasteiger partial charge in [0.25, 0.3) is 15.9 Å². The molecule has 0 saturated carbocycles. The third-order valence-electron chi connectivity index (χ3n) is 2.01. The van der Waals surface area contributed by atoms with Gasteiger partial charge in [0.15, 0.2) is 0 Å².